The van der Waals surface area contributed by atoms with Gasteiger partial charge in [-0.1, -0.05) is 0 Å². The summed E-state index contributed by atoms with van der Waals surface area (Å²) in [4.78, 5) is 11.2. The molecule has 0 aliphatic rings. The molecule has 1 unspecified atom stereocenters. The maximum absolute atomic E-state index is 11.2. The Morgan fingerprint density at radius 1 is 1.69 bits per heavy atom. The molecule has 0 aromatic rings. The molecule has 0 rings (SSSR count). The summed E-state index contributed by atoms with van der Waals surface area (Å²) in [6.45, 7) is 3.57. The summed E-state index contributed by atoms with van der Waals surface area (Å²) >= 11 is 0. The lowest BCUT2D eigenvalue weighted by Crippen LogP contribution is -2.47. The third-order valence-corrected chi connectivity index (χ3v) is 1.38. The molecule has 1 atom stereocenters. The highest BCUT2D eigenvalue weighted by molar-refractivity contribution is 5.81. The molecule has 0 bridgehead atoms. The lowest BCUT2D eigenvalue weighted by Gasteiger charge is -2.19. The van der Waals surface area contributed by atoms with E-state index < -0.39 is 11.6 Å². The summed E-state index contributed by atoms with van der Waals surface area (Å²) in [7, 11) is 1.48. The molecule has 1 amide bonds. The minimum absolute atomic E-state index is 0.178. The van der Waals surface area contributed by atoms with E-state index >= 15 is 0 Å². The van der Waals surface area contributed by atoms with Crippen molar-refractivity contribution in [2.45, 2.75) is 25.5 Å². The summed E-state index contributed by atoms with van der Waals surface area (Å²) in [6, 6.07) is -0.674. The number of hydrogen-bond donors (Lipinski definition) is 3. The van der Waals surface area contributed by atoms with Crippen molar-refractivity contribution in [3.8, 4) is 0 Å². The second-order valence-electron chi connectivity index (χ2n) is 3.59. The van der Waals surface area contributed by atoms with Crippen LogP contribution in [0.1, 0.15) is 13.8 Å². The maximum atomic E-state index is 11.2. The minimum Gasteiger partial charge on any atom is -0.389 e. The Hall–Kier alpha value is -0.650. The normalized spacial score (nSPS) is 13.9. The molecule has 4 N–H and O–H groups in total. The number of amides is 1. The number of carbonyl (C=O) groups excluding carboxylic acids is 1. The van der Waals surface area contributed by atoms with Gasteiger partial charge in [0.25, 0.3) is 0 Å². The molecule has 0 aliphatic heterocycles. The molecule has 0 saturated heterocycles. The Morgan fingerprint density at radius 3 is 2.62 bits per heavy atom. The Balaban J connectivity index is 3.74. The van der Waals surface area contributed by atoms with Crippen molar-refractivity contribution in [2.24, 2.45) is 5.73 Å². The summed E-state index contributed by atoms with van der Waals surface area (Å²) in [6.07, 6.45) is 0. The zero-order valence-electron chi connectivity index (χ0n) is 8.33. The van der Waals surface area contributed by atoms with E-state index in [1.807, 2.05) is 0 Å². The number of carbonyl (C=O) groups is 1. The van der Waals surface area contributed by atoms with Gasteiger partial charge in [-0.25, -0.2) is 0 Å². The lowest BCUT2D eigenvalue weighted by molar-refractivity contribution is -0.124. The fraction of sp³-hybridized carbons (Fsp3) is 0.875. The van der Waals surface area contributed by atoms with Gasteiger partial charge >= 0.3 is 0 Å². The van der Waals surface area contributed by atoms with Crippen molar-refractivity contribution in [1.29, 1.82) is 0 Å². The fourth-order valence-corrected chi connectivity index (χ4v) is 0.690. The summed E-state index contributed by atoms with van der Waals surface area (Å²) in [5.74, 6) is -0.316. The van der Waals surface area contributed by atoms with E-state index in [1.165, 1.54) is 7.11 Å². The molecule has 5 heteroatoms. The number of methoxy groups -OCH3 is 1. The largest absolute Gasteiger partial charge is 0.389 e. The van der Waals surface area contributed by atoms with E-state index in [0.717, 1.165) is 0 Å². The molecule has 0 saturated carbocycles. The number of hydrogen-bond acceptors (Lipinski definition) is 4. The number of ether oxygens (including phenoxy) is 1. The van der Waals surface area contributed by atoms with Gasteiger partial charge in [0.1, 0.15) is 6.04 Å². The van der Waals surface area contributed by atoms with Gasteiger partial charge in [0.2, 0.25) is 5.91 Å². The molecular formula is C8H18N2O3. The highest BCUT2D eigenvalue weighted by atomic mass is 16.5. The van der Waals surface area contributed by atoms with E-state index in [4.69, 9.17) is 10.5 Å². The molecule has 0 radical (unpaired) electrons. The van der Waals surface area contributed by atoms with E-state index in [2.05, 4.69) is 5.32 Å². The van der Waals surface area contributed by atoms with Gasteiger partial charge in [0.05, 0.1) is 12.2 Å². The molecule has 78 valence electrons. The first-order chi connectivity index (χ1) is 5.87. The summed E-state index contributed by atoms with van der Waals surface area (Å²) in [5.41, 5.74) is 4.52. The Labute approximate surface area is 78.3 Å². The highest BCUT2D eigenvalue weighted by Crippen LogP contribution is 1.97. The van der Waals surface area contributed by atoms with Crippen LogP contribution in [0.15, 0.2) is 0 Å². The van der Waals surface area contributed by atoms with E-state index in [-0.39, 0.29) is 19.1 Å². The monoisotopic (exact) mass is 190 g/mol. The summed E-state index contributed by atoms with van der Waals surface area (Å²) < 4.78 is 4.71. The van der Waals surface area contributed by atoms with Crippen LogP contribution in [0.5, 0.6) is 0 Å². The zero-order chi connectivity index (χ0) is 10.5. The van der Waals surface area contributed by atoms with Gasteiger partial charge in [-0.3, -0.25) is 4.79 Å². The molecule has 0 spiro atoms. The van der Waals surface area contributed by atoms with Crippen molar-refractivity contribution >= 4 is 5.91 Å². The molecule has 5 nitrogen and oxygen atoms in total. The van der Waals surface area contributed by atoms with Crippen molar-refractivity contribution < 1.29 is 14.6 Å². The average molecular weight is 190 g/mol. The molecule has 0 aromatic carbocycles. The van der Waals surface area contributed by atoms with Crippen LogP contribution in [0.25, 0.3) is 0 Å². The smallest absolute Gasteiger partial charge is 0.239 e. The second-order valence-corrected chi connectivity index (χ2v) is 3.59. The quantitative estimate of drug-likeness (QED) is 0.511. The third-order valence-electron chi connectivity index (χ3n) is 1.38. The topological polar surface area (TPSA) is 84.6 Å². The first-order valence-corrected chi connectivity index (χ1v) is 4.11. The van der Waals surface area contributed by atoms with Gasteiger partial charge in [0, 0.05) is 13.7 Å². The first kappa shape index (κ1) is 12.3. The molecule has 0 fully saturated rings. The Morgan fingerprint density at radius 2 is 2.23 bits per heavy atom. The van der Waals surface area contributed by atoms with Gasteiger partial charge in [-0.15, -0.1) is 0 Å². The fourth-order valence-electron chi connectivity index (χ4n) is 0.690. The van der Waals surface area contributed by atoms with Crippen molar-refractivity contribution in [3.05, 3.63) is 0 Å². The standard InChI is InChI=1S/C8H18N2O3/c1-8(2,12)5-10-7(11)6(9)4-13-3/h6,12H,4-5,9H2,1-3H3,(H,10,11). The van der Waals surface area contributed by atoms with E-state index in [1.54, 1.807) is 13.8 Å². The molecule has 0 heterocycles. The average Bonchev–Trinajstić information content (AvgIpc) is 1.99. The van der Waals surface area contributed by atoms with Gasteiger partial charge in [-0.2, -0.15) is 0 Å². The van der Waals surface area contributed by atoms with Crippen molar-refractivity contribution in [3.63, 3.8) is 0 Å². The maximum Gasteiger partial charge on any atom is 0.239 e. The SMILES string of the molecule is COCC(N)C(=O)NCC(C)(C)O. The van der Waals surface area contributed by atoms with Crippen LogP contribution in [-0.4, -0.2) is 42.9 Å². The lowest BCUT2D eigenvalue weighted by atomic mass is 10.1. The van der Waals surface area contributed by atoms with Crippen LogP contribution in [0.4, 0.5) is 0 Å². The van der Waals surface area contributed by atoms with Gasteiger partial charge in [-0.05, 0) is 13.8 Å². The number of aliphatic hydroxyl groups is 1. The van der Waals surface area contributed by atoms with Crippen LogP contribution >= 0.6 is 0 Å². The van der Waals surface area contributed by atoms with Crippen LogP contribution in [0.3, 0.4) is 0 Å². The number of nitrogens with two attached hydrogens (primary N) is 1. The third kappa shape index (κ3) is 6.51. The zero-order valence-corrected chi connectivity index (χ0v) is 8.33. The summed E-state index contributed by atoms with van der Waals surface area (Å²) in [5, 5.41) is 11.8. The molecule has 0 aromatic heterocycles. The number of nitrogens with one attached hydrogen (secondary N) is 1. The highest BCUT2D eigenvalue weighted by Gasteiger charge is 2.17. The first-order valence-electron chi connectivity index (χ1n) is 4.11. The van der Waals surface area contributed by atoms with Crippen LogP contribution in [-0.2, 0) is 9.53 Å². The Bertz CT molecular complexity index is 165. The van der Waals surface area contributed by atoms with Crippen molar-refractivity contribution in [1.82, 2.24) is 5.32 Å². The van der Waals surface area contributed by atoms with Gasteiger partial charge in [0.15, 0.2) is 0 Å². The van der Waals surface area contributed by atoms with Crippen LogP contribution < -0.4 is 11.1 Å². The van der Waals surface area contributed by atoms with E-state index in [9.17, 15) is 9.90 Å². The van der Waals surface area contributed by atoms with E-state index in [0.29, 0.717) is 0 Å². The van der Waals surface area contributed by atoms with Gasteiger partial charge < -0.3 is 20.9 Å². The Kier molecular flexibility index (Phi) is 4.90. The molecular weight excluding hydrogens is 172 g/mol. The van der Waals surface area contributed by atoms with Crippen LogP contribution in [0.2, 0.25) is 0 Å². The molecule has 0 aliphatic carbocycles. The van der Waals surface area contributed by atoms with Crippen molar-refractivity contribution in [2.75, 3.05) is 20.3 Å². The second kappa shape index (κ2) is 5.16. The van der Waals surface area contributed by atoms with Crippen LogP contribution in [0, 0.1) is 0 Å². The predicted octanol–water partition coefficient (Wildman–Crippen LogP) is -1.15. The molecule has 13 heavy (non-hydrogen) atoms. The minimum atomic E-state index is -0.914. The predicted molar refractivity (Wildman–Crippen MR) is 49.2 cm³/mol. The number of rotatable bonds is 5.